The Morgan fingerprint density at radius 2 is 1.57 bits per heavy atom. The van der Waals surface area contributed by atoms with E-state index in [2.05, 4.69) is 17.2 Å². The molecule has 3 heterocycles. The number of alkyl carbamates (subject to hydrolysis) is 1. The van der Waals surface area contributed by atoms with E-state index in [1.807, 2.05) is 38.2 Å². The number of ether oxygens (including phenoxy) is 3. The van der Waals surface area contributed by atoms with Crippen LogP contribution in [0, 0.1) is 6.92 Å². The molecule has 4 atom stereocenters. The van der Waals surface area contributed by atoms with Crippen LogP contribution in [-0.4, -0.2) is 115 Å². The predicted octanol–water partition coefficient (Wildman–Crippen LogP) is 11.4. The largest absolute Gasteiger partial charge is 0.531 e. The highest BCUT2D eigenvalue weighted by Gasteiger charge is 2.46. The van der Waals surface area contributed by atoms with Crippen LogP contribution in [0.15, 0.2) is 79.4 Å². The molecular weight excluding hydrogens is 1070 g/mol. The predicted molar refractivity (Wildman–Crippen MR) is 309 cm³/mol. The molecule has 0 bridgehead atoms. The Hall–Kier alpha value is -6.01. The van der Waals surface area contributed by atoms with Gasteiger partial charge in [-0.05, 0) is 147 Å². The fourth-order valence-electron chi connectivity index (χ4n) is 10.4. The smallest absolute Gasteiger partial charge is 0.493 e. The number of phosphoric acid groups is 1. The summed E-state index contributed by atoms with van der Waals surface area (Å²) in [7, 11) is -2.34. The van der Waals surface area contributed by atoms with E-state index < -0.39 is 49.5 Å². The van der Waals surface area contributed by atoms with Crippen molar-refractivity contribution in [2.75, 3.05) is 55.6 Å². The summed E-state index contributed by atoms with van der Waals surface area (Å²) < 4.78 is 49.8. The number of hydrogen-bond acceptors (Lipinski definition) is 14. The quantitative estimate of drug-likeness (QED) is 0.0244. The second kappa shape index (κ2) is 27.2. The van der Waals surface area contributed by atoms with Crippen molar-refractivity contribution in [2.24, 2.45) is 0 Å². The molecule has 7 rings (SSSR count). The summed E-state index contributed by atoms with van der Waals surface area (Å²) in [6, 6.07) is 18.2. The molecule has 1 fully saturated rings. The lowest BCUT2D eigenvalue weighted by Crippen LogP contribution is -2.50. The number of carbonyl (C=O) groups is 5. The SMILES string of the molecule is C=CCOC(=O)N[C@@H](CCCCNC)C(=O)Cc1ccc(COC(=O)N2c3cc(OCCCCCC(=O)N4C[C@@H](CCl)c5c4cc(OP(=O)(OC(C)(C)C)OC(C)(C)C)c4ccccc54)c(C)cc3C(=O)N3CCC[C@H]3C2O)cc1. The first-order chi connectivity index (χ1) is 38.0. The van der Waals surface area contributed by atoms with E-state index in [1.54, 1.807) is 93.8 Å². The van der Waals surface area contributed by atoms with E-state index >= 15 is 0 Å². The number of aliphatic hydroxyl groups excluding tert-OH is 1. The number of phosphoric ester groups is 1. The number of rotatable bonds is 25. The number of aryl methyl sites for hydroxylation is 1. The molecular formula is C60H79ClN5O13P. The number of Topliss-reactive ketones (excluding diaryl/α,β-unsaturated/α-hetero) is 1. The van der Waals surface area contributed by atoms with Gasteiger partial charge in [-0.2, -0.15) is 0 Å². The van der Waals surface area contributed by atoms with Crippen molar-refractivity contribution in [3.8, 4) is 11.5 Å². The van der Waals surface area contributed by atoms with Crippen LogP contribution in [0.5, 0.6) is 11.5 Å². The molecule has 0 spiro atoms. The molecule has 1 unspecified atom stereocenters. The van der Waals surface area contributed by atoms with Crippen molar-refractivity contribution >= 4 is 71.4 Å². The van der Waals surface area contributed by atoms with E-state index in [4.69, 9.17) is 39.4 Å². The molecule has 0 aromatic heterocycles. The Bertz CT molecular complexity index is 2900. The van der Waals surface area contributed by atoms with Crippen LogP contribution in [0.2, 0.25) is 0 Å². The molecule has 434 valence electrons. The van der Waals surface area contributed by atoms with Crippen LogP contribution in [0.3, 0.4) is 0 Å². The fourth-order valence-corrected chi connectivity index (χ4v) is 12.5. The number of nitrogens with one attached hydrogen (secondary N) is 2. The minimum atomic E-state index is -4.20. The summed E-state index contributed by atoms with van der Waals surface area (Å²) in [6.45, 7) is 17.7. The van der Waals surface area contributed by atoms with Crippen molar-refractivity contribution in [3.63, 3.8) is 0 Å². The third-order valence-corrected chi connectivity index (χ3v) is 16.3. The Morgan fingerprint density at radius 3 is 2.25 bits per heavy atom. The molecule has 3 aliphatic heterocycles. The molecule has 1 saturated heterocycles. The summed E-state index contributed by atoms with van der Waals surface area (Å²) >= 11 is 6.57. The van der Waals surface area contributed by atoms with Gasteiger partial charge in [-0.3, -0.25) is 23.4 Å². The molecule has 3 N–H and O–H groups in total. The number of ketones is 1. The first-order valence-electron chi connectivity index (χ1n) is 27.7. The molecule has 4 aromatic carbocycles. The number of hydrogen-bond donors (Lipinski definition) is 3. The van der Waals surface area contributed by atoms with Gasteiger partial charge in [0, 0.05) is 55.2 Å². The fraction of sp³-hybridized carbons (Fsp3) is 0.517. The average Bonchev–Trinajstić information content (AvgIpc) is 4.26. The van der Waals surface area contributed by atoms with Crippen molar-refractivity contribution in [1.29, 1.82) is 0 Å². The summed E-state index contributed by atoms with van der Waals surface area (Å²) in [4.78, 5) is 72.6. The normalized spacial score (nSPS) is 17.6. The topological polar surface area (TPSA) is 212 Å². The molecule has 4 amide bonds. The Morgan fingerprint density at radius 1 is 0.887 bits per heavy atom. The second-order valence-corrected chi connectivity index (χ2v) is 24.4. The van der Waals surface area contributed by atoms with Gasteiger partial charge in [0.2, 0.25) is 5.91 Å². The maximum Gasteiger partial charge on any atom is 0.531 e. The molecule has 3 aliphatic rings. The lowest BCUT2D eigenvalue weighted by atomic mass is 9.95. The van der Waals surface area contributed by atoms with Crippen molar-refractivity contribution in [3.05, 3.63) is 107 Å². The molecule has 0 radical (unpaired) electrons. The number of aliphatic hydroxyl groups is 1. The van der Waals surface area contributed by atoms with Crippen LogP contribution >= 0.6 is 19.4 Å². The van der Waals surface area contributed by atoms with E-state index in [9.17, 15) is 33.6 Å². The summed E-state index contributed by atoms with van der Waals surface area (Å²) in [5.74, 6) is 0.237. The van der Waals surface area contributed by atoms with Crippen LogP contribution in [0.4, 0.5) is 21.0 Å². The minimum Gasteiger partial charge on any atom is -0.493 e. The molecule has 80 heavy (non-hydrogen) atoms. The Kier molecular flexibility index (Phi) is 20.9. The van der Waals surface area contributed by atoms with Gasteiger partial charge in [-0.15, -0.1) is 11.6 Å². The highest BCUT2D eigenvalue weighted by molar-refractivity contribution is 7.49. The highest BCUT2D eigenvalue weighted by Crippen LogP contribution is 2.57. The summed E-state index contributed by atoms with van der Waals surface area (Å²) in [5.41, 5.74) is 2.22. The minimum absolute atomic E-state index is 0.0212. The zero-order chi connectivity index (χ0) is 57.9. The molecule has 0 saturated carbocycles. The molecule has 18 nitrogen and oxygen atoms in total. The van der Waals surface area contributed by atoms with E-state index in [-0.39, 0.29) is 79.1 Å². The Balaban J connectivity index is 0.988. The average molecular weight is 1140 g/mol. The van der Waals surface area contributed by atoms with Gasteiger partial charge in [0.1, 0.15) is 24.7 Å². The number of unbranched alkanes of at least 4 members (excludes halogenated alkanes) is 3. The second-order valence-electron chi connectivity index (χ2n) is 22.6. The van der Waals surface area contributed by atoms with Gasteiger partial charge in [0.15, 0.2) is 12.0 Å². The third kappa shape index (κ3) is 15.7. The maximum absolute atomic E-state index is 14.3. The van der Waals surface area contributed by atoms with Gasteiger partial charge in [0.25, 0.3) is 5.91 Å². The lowest BCUT2D eigenvalue weighted by Gasteiger charge is -2.31. The van der Waals surface area contributed by atoms with Crippen LogP contribution in [0.1, 0.15) is 138 Å². The van der Waals surface area contributed by atoms with Gasteiger partial charge < -0.3 is 44.3 Å². The monoisotopic (exact) mass is 1140 g/mol. The molecule has 0 aliphatic carbocycles. The van der Waals surface area contributed by atoms with Gasteiger partial charge in [0.05, 0.1) is 46.8 Å². The number of halogens is 1. The van der Waals surface area contributed by atoms with E-state index in [0.717, 1.165) is 35.2 Å². The molecule has 20 heteroatoms. The number of benzene rings is 4. The third-order valence-electron chi connectivity index (χ3n) is 14.0. The first-order valence-corrected chi connectivity index (χ1v) is 29.7. The van der Waals surface area contributed by atoms with Gasteiger partial charge >= 0.3 is 20.0 Å². The highest BCUT2D eigenvalue weighted by atomic mass is 35.5. The van der Waals surface area contributed by atoms with Crippen molar-refractivity contribution in [2.45, 2.75) is 155 Å². The number of carbonyl (C=O) groups excluding carboxylic acids is 5. The van der Waals surface area contributed by atoms with Crippen LogP contribution in [-0.2, 0) is 45.7 Å². The van der Waals surface area contributed by atoms with Crippen LogP contribution < -0.4 is 29.7 Å². The lowest BCUT2D eigenvalue weighted by molar-refractivity contribution is -0.120. The van der Waals surface area contributed by atoms with Gasteiger partial charge in [-0.1, -0.05) is 61.2 Å². The van der Waals surface area contributed by atoms with E-state index in [0.29, 0.717) is 85.1 Å². The maximum atomic E-state index is 14.3. The van der Waals surface area contributed by atoms with Crippen molar-refractivity contribution in [1.82, 2.24) is 15.5 Å². The van der Waals surface area contributed by atoms with Crippen LogP contribution in [0.25, 0.3) is 10.8 Å². The zero-order valence-electron chi connectivity index (χ0n) is 47.5. The van der Waals surface area contributed by atoms with Gasteiger partial charge in [-0.25, -0.2) is 19.1 Å². The number of nitrogens with zero attached hydrogens (tertiary/aromatic N) is 3. The zero-order valence-corrected chi connectivity index (χ0v) is 49.1. The standard InChI is InChI=1S/C60H79ClN5O13P/c1-10-30-75-57(71)63-46(21-15-16-28-62-9)50(67)33-40-24-26-41(27-25-40)38-76-58(72)66-48-34-51(39(2)32-45(48)55(69)64-29-18-22-47(64)56(66)70)74-31-17-11-12-23-53(68)65-37-42(36-61)54-44-20-14-13-19-43(44)52(35-49(54)65)77-80(73,78-59(3,4)5)79-60(6,7)8/h10,13-14,19-20,24-27,32,34-35,42,46-47,56,62,70H,1,11-12,15-18,21-23,28-31,33,36-38H2,2-9H3,(H,63,71)/t42-,46+,47+,56?/m1/s1. The Labute approximate surface area is 475 Å². The summed E-state index contributed by atoms with van der Waals surface area (Å²) in [5, 5.41) is 19.2. The number of fused-ring (bicyclic) bond motifs is 5. The molecule has 4 aromatic rings. The first kappa shape index (κ1) is 61.6. The number of anilines is 2. The van der Waals surface area contributed by atoms with Crippen molar-refractivity contribution < 1.29 is 61.4 Å². The number of alkyl halides is 1. The number of amides is 4. The van der Waals surface area contributed by atoms with E-state index in [1.165, 1.54) is 6.08 Å². The summed E-state index contributed by atoms with van der Waals surface area (Å²) in [6.07, 6.45) is 3.73.